The Morgan fingerprint density at radius 3 is 1.25 bits per heavy atom. The molecule has 1 saturated carbocycles. The molecule has 1 aliphatic carbocycles. The Kier molecular flexibility index (Phi) is 26.6. The molecule has 0 radical (unpaired) electrons. The van der Waals surface area contributed by atoms with Crippen LogP contribution in [0.5, 0.6) is 0 Å². The monoisotopic (exact) mass is 1630 g/mol. The Bertz CT molecular complexity index is 5110. The third-order valence-electron chi connectivity index (χ3n) is 25.9. The summed E-state index contributed by atoms with van der Waals surface area (Å²) in [5, 5.41) is 18.5. The second kappa shape index (κ2) is 38.5. The fourth-order valence-electron chi connectivity index (χ4n) is 18.7. The summed E-state index contributed by atoms with van der Waals surface area (Å²) in [6, 6.07) is 38.3. The Morgan fingerprint density at radius 1 is 0.424 bits per heavy atom. The van der Waals surface area contributed by atoms with Gasteiger partial charge in [0, 0.05) is 112 Å². The molecule has 622 valence electrons. The summed E-state index contributed by atoms with van der Waals surface area (Å²) in [6.45, 7) is 24.7. The van der Waals surface area contributed by atoms with Gasteiger partial charge in [-0.05, 0) is 245 Å². The van der Waals surface area contributed by atoms with Crippen LogP contribution in [0.4, 0.5) is 33.7 Å². The molecule has 0 spiro atoms. The molecule has 20 rings (SSSR count). The molecule has 1 unspecified atom stereocenters. The van der Waals surface area contributed by atoms with E-state index in [-0.39, 0.29) is 23.7 Å². The lowest BCUT2D eigenvalue weighted by Gasteiger charge is -2.40. The predicted octanol–water partition coefficient (Wildman–Crippen LogP) is 17.8. The maximum Gasteiger partial charge on any atom is 0.299 e. The number of anilines is 6. The van der Waals surface area contributed by atoms with Crippen molar-refractivity contribution >= 4 is 111 Å². The quantitative estimate of drug-likeness (QED) is 0.0769. The van der Waals surface area contributed by atoms with E-state index >= 15 is 0 Å². The lowest BCUT2D eigenvalue weighted by atomic mass is 9.96. The summed E-state index contributed by atoms with van der Waals surface area (Å²) in [6.07, 6.45) is 35.8. The van der Waals surface area contributed by atoms with E-state index in [9.17, 15) is 14.7 Å². The molecule has 11 aromatic rings. The van der Waals surface area contributed by atoms with Crippen molar-refractivity contribution < 1.29 is 23.5 Å². The zero-order chi connectivity index (χ0) is 80.3. The van der Waals surface area contributed by atoms with Crippen molar-refractivity contribution in [3.63, 3.8) is 0 Å². The number of rotatable bonds is 17. The van der Waals surface area contributed by atoms with E-state index in [1.54, 1.807) is 47.2 Å². The average molecular weight is 1630 g/mol. The van der Waals surface area contributed by atoms with Gasteiger partial charge < -0.3 is 63.8 Å². The second-order valence-corrected chi connectivity index (χ2v) is 36.4. The molecule has 25 heteroatoms. The van der Waals surface area contributed by atoms with Crippen LogP contribution < -0.4 is 30.2 Å². The predicted molar refractivity (Wildman–Crippen MR) is 477 cm³/mol. The Labute approximate surface area is 702 Å². The third kappa shape index (κ3) is 20.2. The molecule has 16 heterocycles. The molecule has 3 N–H and O–H groups in total. The van der Waals surface area contributed by atoms with Crippen LogP contribution in [0.15, 0.2) is 137 Å². The van der Waals surface area contributed by atoms with Crippen LogP contribution in [0.25, 0.3) is 65.4 Å². The molecule has 8 aromatic heterocycles. The van der Waals surface area contributed by atoms with Crippen molar-refractivity contribution in [3.8, 4) is 22.3 Å². The molecule has 1 atom stereocenters. The Balaban J connectivity index is 0.000000113. The van der Waals surface area contributed by atoms with E-state index in [0.717, 1.165) is 160 Å². The molecule has 23 nitrogen and oxygen atoms in total. The van der Waals surface area contributed by atoms with E-state index in [4.69, 9.17) is 18.8 Å². The lowest BCUT2D eigenvalue weighted by molar-refractivity contribution is -0.117. The number of aryl methyl sites for hydroxylation is 1. The van der Waals surface area contributed by atoms with Gasteiger partial charge in [0.05, 0.1) is 39.3 Å². The number of nitrogens with zero attached hydrogens (tertiary/aromatic N) is 16. The normalized spacial score (nSPS) is 19.9. The van der Waals surface area contributed by atoms with Gasteiger partial charge in [-0.2, -0.15) is 19.9 Å². The van der Waals surface area contributed by atoms with Crippen molar-refractivity contribution in [1.29, 1.82) is 0 Å². The number of fused-ring (bicyclic) bond motifs is 4. The van der Waals surface area contributed by atoms with Crippen molar-refractivity contribution in [2.45, 2.75) is 199 Å². The highest BCUT2D eigenvalue weighted by atomic mass is 32.1. The average Bonchev–Trinajstić information content (AvgIpc) is 1.66. The van der Waals surface area contributed by atoms with Crippen LogP contribution in [-0.4, -0.2) is 205 Å². The van der Waals surface area contributed by atoms with Gasteiger partial charge in [0.2, 0.25) is 17.2 Å². The first kappa shape index (κ1) is 81.3. The van der Waals surface area contributed by atoms with E-state index in [1.165, 1.54) is 192 Å². The van der Waals surface area contributed by atoms with Gasteiger partial charge in [-0.1, -0.05) is 130 Å². The van der Waals surface area contributed by atoms with Crippen molar-refractivity contribution in [1.82, 2.24) is 59.5 Å². The first-order chi connectivity index (χ1) is 57.9. The molecule has 2 amide bonds. The standard InChI is InChI=1S/C26H34N4O2.C24H30N4O.C23H27N5OS.C20H27N5OS/c1-18(2)24(31)20-8-6-7-19(15-20)21-16-23-25(27-17-21)28-26(32-23)30-13-9-22(10-14-30)29-11-4-3-5-12-29;1-2-18-7-6-8-19(15-18)20-16-22-23(25-17-20)26-24(29-22)28-13-9-21(10-14-28)27-11-4-3-5-12-27;29-22(17-7-3-1-4-8-17)25-18-15-20-21(24-16-18)26-23(30-20)28-13-9-19(10-14-28)27-11-5-2-6-12-27;26-19(14-4-5-14)22-15-12-17-18(21-13-15)23-20(27-17)25-10-6-16(7-11-25)24-8-2-1-3-9-24/h6-8,15-18,22,24,31H,3-5,9-14H2,1-2H3;6-8,15-17,21H,2-5,9-14H2,1H3;1,3-4,7-8,15-16,19H,2,5-6,9-14H2,(H,25,29);12-14,16H,1-11H2,(H,22,26). The van der Waals surface area contributed by atoms with E-state index in [0.29, 0.717) is 40.2 Å². The number of aromatic nitrogens is 8. The fraction of sp³-hybridized carbons (Fsp3) is 0.527. The SMILES string of the molecule is CC(C)C(O)c1cccc(-c2cnc3nc(N4CCC(N5CCCCC5)CC4)oc3c2)c1.CCc1cccc(-c2cnc3nc(N4CCC(N5CCCCC5)CC4)oc3c2)c1.O=C(Nc1cnc2nc(N3CCC(N4CCCCC4)CC3)sc2c1)C1CC1.O=C(Nc1cnc2nc(N3CCC(N4CCCCC4)CC3)sc2c1)c1ccccc1. The molecule has 8 saturated heterocycles. The van der Waals surface area contributed by atoms with Crippen molar-refractivity contribution in [2.75, 3.05) is 135 Å². The van der Waals surface area contributed by atoms with E-state index in [1.807, 2.05) is 86.9 Å². The summed E-state index contributed by atoms with van der Waals surface area (Å²) >= 11 is 3.36. The van der Waals surface area contributed by atoms with Crippen LogP contribution in [-0.2, 0) is 11.2 Å². The Hall–Kier alpha value is -9.08. The number of pyridine rings is 4. The number of aliphatic hydroxyl groups is 1. The zero-order valence-electron chi connectivity index (χ0n) is 69.3. The molecule has 9 aliphatic rings. The number of oxazole rings is 2. The molecular weight excluding hydrogens is 1510 g/mol. The van der Waals surface area contributed by atoms with Crippen LogP contribution in [0.3, 0.4) is 0 Å². The Morgan fingerprint density at radius 2 is 0.831 bits per heavy atom. The smallest absolute Gasteiger partial charge is 0.299 e. The van der Waals surface area contributed by atoms with Crippen LogP contribution in [0.2, 0.25) is 0 Å². The molecular formula is C93H118N18O5S2. The number of piperidine rings is 8. The summed E-state index contributed by atoms with van der Waals surface area (Å²) in [5.41, 5.74) is 13.0. The van der Waals surface area contributed by atoms with Gasteiger partial charge in [0.15, 0.2) is 32.7 Å². The number of hydrogen-bond acceptors (Lipinski definition) is 23. The highest BCUT2D eigenvalue weighted by Crippen LogP contribution is 2.39. The minimum Gasteiger partial charge on any atom is -0.422 e. The van der Waals surface area contributed by atoms with E-state index < -0.39 is 6.10 Å². The third-order valence-corrected chi connectivity index (χ3v) is 28.0. The largest absolute Gasteiger partial charge is 0.422 e. The minimum atomic E-state index is -0.476. The van der Waals surface area contributed by atoms with E-state index in [2.05, 4.69) is 117 Å². The number of benzene rings is 3. The van der Waals surface area contributed by atoms with Gasteiger partial charge in [0.1, 0.15) is 0 Å². The summed E-state index contributed by atoms with van der Waals surface area (Å²) < 4.78 is 14.4. The molecule has 9 fully saturated rings. The van der Waals surface area contributed by atoms with Gasteiger partial charge in [0.25, 0.3) is 17.9 Å². The summed E-state index contributed by atoms with van der Waals surface area (Å²) in [4.78, 5) is 81.5. The number of likely N-dealkylation sites (tertiary alicyclic amines) is 4. The molecule has 3 aromatic carbocycles. The fourth-order valence-corrected chi connectivity index (χ4v) is 20.7. The minimum absolute atomic E-state index is 0.124. The number of hydrogen-bond donors (Lipinski definition) is 3. The number of nitrogens with one attached hydrogen (secondary N) is 2. The number of carbonyl (C=O) groups is 2. The molecule has 8 aliphatic heterocycles. The van der Waals surface area contributed by atoms with Gasteiger partial charge >= 0.3 is 0 Å². The number of carbonyl (C=O) groups excluding carboxylic acids is 2. The van der Waals surface area contributed by atoms with Crippen LogP contribution in [0, 0.1) is 11.8 Å². The highest BCUT2D eigenvalue weighted by molar-refractivity contribution is 7.22. The number of thiazole rings is 2. The maximum absolute atomic E-state index is 12.4. The lowest BCUT2D eigenvalue weighted by Crippen LogP contribution is -2.46. The summed E-state index contributed by atoms with van der Waals surface area (Å²) in [5.74, 6) is 0.377. The first-order valence-electron chi connectivity index (χ1n) is 44.5. The van der Waals surface area contributed by atoms with Crippen molar-refractivity contribution in [2.24, 2.45) is 11.8 Å². The summed E-state index contributed by atoms with van der Waals surface area (Å²) in [7, 11) is 0. The zero-order valence-corrected chi connectivity index (χ0v) is 70.9. The van der Waals surface area contributed by atoms with Gasteiger partial charge in [-0.15, -0.1) is 0 Å². The molecule has 118 heavy (non-hydrogen) atoms. The first-order valence-corrected chi connectivity index (χ1v) is 46.1. The highest BCUT2D eigenvalue weighted by Gasteiger charge is 2.34. The number of amides is 2. The van der Waals surface area contributed by atoms with Crippen molar-refractivity contribution in [3.05, 3.63) is 145 Å². The van der Waals surface area contributed by atoms with Crippen LogP contribution >= 0.6 is 22.7 Å². The molecule has 0 bridgehead atoms. The van der Waals surface area contributed by atoms with Gasteiger partial charge in [-0.25, -0.2) is 19.9 Å². The van der Waals surface area contributed by atoms with Gasteiger partial charge in [-0.3, -0.25) is 9.59 Å². The topological polar surface area (TPSA) is 234 Å². The maximum atomic E-state index is 12.4. The van der Waals surface area contributed by atoms with Crippen LogP contribution in [0.1, 0.15) is 190 Å². The number of aliphatic hydroxyl groups excluding tert-OH is 1. The second-order valence-electron chi connectivity index (χ2n) is 34.4.